The van der Waals surface area contributed by atoms with Crippen molar-refractivity contribution >= 4 is 11.6 Å². The molecule has 0 aliphatic heterocycles. The van der Waals surface area contributed by atoms with Crippen LogP contribution < -0.4 is 0 Å². The predicted molar refractivity (Wildman–Crippen MR) is 70.6 cm³/mol. The highest BCUT2D eigenvalue weighted by Gasteiger charge is 2.15. The molecule has 1 aromatic carbocycles. The van der Waals surface area contributed by atoms with E-state index in [1.165, 1.54) is 0 Å². The first-order valence-corrected chi connectivity index (χ1v) is 6.27. The van der Waals surface area contributed by atoms with E-state index in [1.807, 2.05) is 28.9 Å². The molecule has 0 saturated heterocycles. The van der Waals surface area contributed by atoms with Gasteiger partial charge in [0, 0.05) is 5.02 Å². The number of aliphatic hydroxyl groups is 1. The molecule has 0 unspecified atom stereocenters. The van der Waals surface area contributed by atoms with Gasteiger partial charge in [-0.15, -0.1) is 5.10 Å². The summed E-state index contributed by atoms with van der Waals surface area (Å²) in [5, 5.41) is 18.1. The molecule has 2 aromatic rings. The highest BCUT2D eigenvalue weighted by molar-refractivity contribution is 6.30. The van der Waals surface area contributed by atoms with Gasteiger partial charge < -0.3 is 5.11 Å². The molecule has 1 N–H and O–H groups in total. The zero-order chi connectivity index (χ0) is 13.1. The van der Waals surface area contributed by atoms with Crippen LogP contribution in [0.4, 0.5) is 0 Å². The van der Waals surface area contributed by atoms with Crippen molar-refractivity contribution in [3.8, 4) is 0 Å². The van der Waals surface area contributed by atoms with Gasteiger partial charge in [-0.3, -0.25) is 0 Å². The molecule has 18 heavy (non-hydrogen) atoms. The number of aromatic nitrogens is 3. The minimum atomic E-state index is -0.0753. The van der Waals surface area contributed by atoms with Crippen LogP contribution in [0.2, 0.25) is 5.02 Å². The summed E-state index contributed by atoms with van der Waals surface area (Å²) < 4.78 is 1.83. The average molecular weight is 266 g/mol. The average Bonchev–Trinajstić information content (AvgIpc) is 2.75. The number of aliphatic hydroxyl groups excluding tert-OH is 1. The molecule has 96 valence electrons. The summed E-state index contributed by atoms with van der Waals surface area (Å²) in [4.78, 5) is 0. The number of rotatable bonds is 4. The molecule has 0 aliphatic rings. The Morgan fingerprint density at radius 3 is 2.50 bits per heavy atom. The third-order valence-corrected chi connectivity index (χ3v) is 3.04. The minimum Gasteiger partial charge on any atom is -0.390 e. The summed E-state index contributed by atoms with van der Waals surface area (Å²) in [7, 11) is 0. The zero-order valence-electron chi connectivity index (χ0n) is 10.5. The van der Waals surface area contributed by atoms with Crippen molar-refractivity contribution in [2.24, 2.45) is 0 Å². The molecule has 0 spiro atoms. The van der Waals surface area contributed by atoms with E-state index in [2.05, 4.69) is 24.2 Å². The van der Waals surface area contributed by atoms with Crippen molar-refractivity contribution in [3.63, 3.8) is 0 Å². The molecule has 0 atom stereocenters. The second-order valence-electron chi connectivity index (χ2n) is 4.52. The van der Waals surface area contributed by atoms with Crippen LogP contribution >= 0.6 is 11.6 Å². The molecule has 0 bridgehead atoms. The fourth-order valence-corrected chi connectivity index (χ4v) is 2.11. The highest BCUT2D eigenvalue weighted by atomic mass is 35.5. The molecular formula is C13H16ClN3O. The third kappa shape index (κ3) is 2.71. The lowest BCUT2D eigenvalue weighted by Gasteiger charge is -2.10. The van der Waals surface area contributed by atoms with Gasteiger partial charge in [-0.05, 0) is 23.6 Å². The van der Waals surface area contributed by atoms with Crippen LogP contribution in [0, 0.1) is 0 Å². The van der Waals surface area contributed by atoms with Crippen molar-refractivity contribution in [2.75, 3.05) is 0 Å². The summed E-state index contributed by atoms with van der Waals surface area (Å²) >= 11 is 5.86. The quantitative estimate of drug-likeness (QED) is 0.924. The molecule has 0 radical (unpaired) electrons. The second kappa shape index (κ2) is 5.50. The van der Waals surface area contributed by atoms with E-state index in [4.69, 9.17) is 11.6 Å². The van der Waals surface area contributed by atoms with E-state index in [1.54, 1.807) is 0 Å². The zero-order valence-corrected chi connectivity index (χ0v) is 11.2. The summed E-state index contributed by atoms with van der Waals surface area (Å²) in [6, 6.07) is 7.64. The fraction of sp³-hybridized carbons (Fsp3) is 0.385. The van der Waals surface area contributed by atoms with Gasteiger partial charge in [-0.1, -0.05) is 42.8 Å². The fourth-order valence-electron chi connectivity index (χ4n) is 1.98. The van der Waals surface area contributed by atoms with Gasteiger partial charge in [0.2, 0.25) is 0 Å². The Labute approximate surface area is 111 Å². The summed E-state index contributed by atoms with van der Waals surface area (Å²) in [6.07, 6.45) is 0. The Bertz CT molecular complexity index is 520. The molecule has 0 fully saturated rings. The van der Waals surface area contributed by atoms with Crippen LogP contribution in [0.25, 0.3) is 0 Å². The second-order valence-corrected chi connectivity index (χ2v) is 4.95. The molecule has 0 saturated carbocycles. The Kier molecular flexibility index (Phi) is 3.99. The molecule has 2 rings (SSSR count). The van der Waals surface area contributed by atoms with Gasteiger partial charge in [0.15, 0.2) is 0 Å². The van der Waals surface area contributed by atoms with E-state index in [0.717, 1.165) is 16.3 Å². The first kappa shape index (κ1) is 13.1. The lowest BCUT2D eigenvalue weighted by atomic mass is 10.1. The Hall–Kier alpha value is -1.39. The molecule has 4 nitrogen and oxygen atoms in total. The first-order chi connectivity index (χ1) is 8.61. The SMILES string of the molecule is CC(C)c1c(CO)nnn1Cc1ccc(Cl)cc1. The van der Waals surface area contributed by atoms with Crippen molar-refractivity contribution in [1.82, 2.24) is 15.0 Å². The maximum absolute atomic E-state index is 9.25. The van der Waals surface area contributed by atoms with Crippen LogP contribution in [-0.2, 0) is 13.2 Å². The predicted octanol–water partition coefficient (Wildman–Crippen LogP) is 2.60. The van der Waals surface area contributed by atoms with Gasteiger partial charge in [-0.2, -0.15) is 0 Å². The van der Waals surface area contributed by atoms with Crippen molar-refractivity contribution in [3.05, 3.63) is 46.2 Å². The van der Waals surface area contributed by atoms with Crippen LogP contribution in [0.15, 0.2) is 24.3 Å². The maximum atomic E-state index is 9.25. The Morgan fingerprint density at radius 1 is 1.28 bits per heavy atom. The molecular weight excluding hydrogens is 250 g/mol. The van der Waals surface area contributed by atoms with Gasteiger partial charge in [0.25, 0.3) is 0 Å². The summed E-state index contributed by atoms with van der Waals surface area (Å²) in [6.45, 7) is 4.69. The van der Waals surface area contributed by atoms with E-state index in [9.17, 15) is 5.11 Å². The van der Waals surface area contributed by atoms with Crippen LogP contribution in [0.5, 0.6) is 0 Å². The smallest absolute Gasteiger partial charge is 0.112 e. The lowest BCUT2D eigenvalue weighted by Crippen LogP contribution is -2.09. The van der Waals surface area contributed by atoms with Crippen LogP contribution in [0.3, 0.4) is 0 Å². The van der Waals surface area contributed by atoms with Gasteiger partial charge in [-0.25, -0.2) is 4.68 Å². The number of benzene rings is 1. The lowest BCUT2D eigenvalue weighted by molar-refractivity contribution is 0.275. The number of hydrogen-bond donors (Lipinski definition) is 1. The number of nitrogens with zero attached hydrogens (tertiary/aromatic N) is 3. The number of halogens is 1. The minimum absolute atomic E-state index is 0.0753. The van der Waals surface area contributed by atoms with E-state index in [-0.39, 0.29) is 12.5 Å². The van der Waals surface area contributed by atoms with Gasteiger partial charge in [0.1, 0.15) is 5.69 Å². The largest absolute Gasteiger partial charge is 0.390 e. The molecule has 0 aliphatic carbocycles. The Morgan fingerprint density at radius 2 is 1.94 bits per heavy atom. The van der Waals surface area contributed by atoms with Crippen LogP contribution in [0.1, 0.15) is 36.7 Å². The number of hydrogen-bond acceptors (Lipinski definition) is 3. The highest BCUT2D eigenvalue weighted by Crippen LogP contribution is 2.19. The first-order valence-electron chi connectivity index (χ1n) is 5.89. The standard InChI is InChI=1S/C13H16ClN3O/c1-9(2)13-12(8-18)15-16-17(13)7-10-3-5-11(14)6-4-10/h3-6,9,18H,7-8H2,1-2H3. The van der Waals surface area contributed by atoms with Crippen molar-refractivity contribution in [1.29, 1.82) is 0 Å². The van der Waals surface area contributed by atoms with Crippen molar-refractivity contribution in [2.45, 2.75) is 32.9 Å². The van der Waals surface area contributed by atoms with Crippen molar-refractivity contribution < 1.29 is 5.11 Å². The molecule has 5 heteroatoms. The van der Waals surface area contributed by atoms with E-state index < -0.39 is 0 Å². The molecule has 1 heterocycles. The summed E-state index contributed by atoms with van der Waals surface area (Å²) in [5.41, 5.74) is 2.74. The molecule has 0 amide bonds. The van der Waals surface area contributed by atoms with E-state index >= 15 is 0 Å². The molecule has 1 aromatic heterocycles. The summed E-state index contributed by atoms with van der Waals surface area (Å²) in [5.74, 6) is 0.273. The van der Waals surface area contributed by atoms with Gasteiger partial charge >= 0.3 is 0 Å². The third-order valence-electron chi connectivity index (χ3n) is 2.79. The monoisotopic (exact) mass is 265 g/mol. The van der Waals surface area contributed by atoms with Gasteiger partial charge in [0.05, 0.1) is 18.8 Å². The van der Waals surface area contributed by atoms with E-state index in [0.29, 0.717) is 12.2 Å². The topological polar surface area (TPSA) is 50.9 Å². The van der Waals surface area contributed by atoms with Crippen LogP contribution in [-0.4, -0.2) is 20.1 Å². The normalized spacial score (nSPS) is 11.2. The maximum Gasteiger partial charge on any atom is 0.112 e. The Balaban J connectivity index is 2.28.